The van der Waals surface area contributed by atoms with Crippen molar-refractivity contribution in [3.63, 3.8) is 0 Å². The molecule has 1 aromatic rings. The van der Waals surface area contributed by atoms with Crippen molar-refractivity contribution in [3.8, 4) is 11.5 Å². The maximum absolute atomic E-state index is 13.6. The van der Waals surface area contributed by atoms with E-state index in [1.54, 1.807) is 6.07 Å². The van der Waals surface area contributed by atoms with Gasteiger partial charge in [0, 0.05) is 18.7 Å². The Morgan fingerprint density at radius 1 is 1.26 bits per heavy atom. The van der Waals surface area contributed by atoms with Crippen LogP contribution in [0.1, 0.15) is 30.3 Å². The second-order valence-corrected chi connectivity index (χ2v) is 4.81. The largest absolute Gasteiger partial charge is 0.486 e. The van der Waals surface area contributed by atoms with Crippen molar-refractivity contribution in [3.05, 3.63) is 23.3 Å². The molecule has 5 heteroatoms. The van der Waals surface area contributed by atoms with Crippen molar-refractivity contribution in [1.29, 1.82) is 0 Å². The summed E-state index contributed by atoms with van der Waals surface area (Å²) < 4.78 is 30.6. The monoisotopic (exact) mass is 267 g/mol. The van der Waals surface area contributed by atoms with Gasteiger partial charge in [-0.05, 0) is 24.6 Å². The van der Waals surface area contributed by atoms with Gasteiger partial charge in [0.25, 0.3) is 0 Å². The van der Waals surface area contributed by atoms with Crippen LogP contribution >= 0.6 is 0 Å². The fourth-order valence-electron chi connectivity index (χ4n) is 2.44. The summed E-state index contributed by atoms with van der Waals surface area (Å²) in [6, 6.07) is 3.55. The van der Waals surface area contributed by atoms with E-state index < -0.39 is 6.17 Å². The van der Waals surface area contributed by atoms with Gasteiger partial charge >= 0.3 is 0 Å². The Hall–Kier alpha value is -1.33. The van der Waals surface area contributed by atoms with E-state index in [-0.39, 0.29) is 6.10 Å². The highest BCUT2D eigenvalue weighted by molar-refractivity contribution is 5.52. The number of ether oxygens (including phenoxy) is 3. The van der Waals surface area contributed by atoms with Crippen LogP contribution in [0, 0.1) is 0 Å². The van der Waals surface area contributed by atoms with Gasteiger partial charge in [-0.2, -0.15) is 0 Å². The highest BCUT2D eigenvalue weighted by Gasteiger charge is 2.26. The number of hydrogen-bond acceptors (Lipinski definition) is 4. The van der Waals surface area contributed by atoms with E-state index in [0.29, 0.717) is 43.4 Å². The zero-order valence-electron chi connectivity index (χ0n) is 10.9. The molecule has 0 bridgehead atoms. The molecule has 0 saturated carbocycles. The molecule has 2 aliphatic rings. The van der Waals surface area contributed by atoms with E-state index in [0.717, 1.165) is 12.1 Å². The second-order valence-electron chi connectivity index (χ2n) is 4.81. The number of hydrogen-bond donors (Lipinski definition) is 1. The van der Waals surface area contributed by atoms with Crippen molar-refractivity contribution >= 4 is 0 Å². The zero-order chi connectivity index (χ0) is 13.2. The number of nitrogens with one attached hydrogen (secondary N) is 1. The van der Waals surface area contributed by atoms with Crippen LogP contribution in [0.4, 0.5) is 4.39 Å². The zero-order valence-corrected chi connectivity index (χ0v) is 10.9. The summed E-state index contributed by atoms with van der Waals surface area (Å²) in [6.45, 7) is 4.74. The molecule has 19 heavy (non-hydrogen) atoms. The molecule has 104 valence electrons. The maximum Gasteiger partial charge on any atom is 0.167 e. The summed E-state index contributed by atoms with van der Waals surface area (Å²) in [5.41, 5.74) is 1.48. The van der Waals surface area contributed by atoms with Gasteiger partial charge in [-0.15, -0.1) is 0 Å². The minimum Gasteiger partial charge on any atom is -0.486 e. The molecule has 1 fully saturated rings. The number of fused-ring (bicyclic) bond motifs is 1. The fraction of sp³-hybridized carbons (Fsp3) is 0.571. The van der Waals surface area contributed by atoms with Crippen molar-refractivity contribution in [2.45, 2.75) is 19.2 Å². The van der Waals surface area contributed by atoms with Gasteiger partial charge < -0.3 is 19.5 Å². The van der Waals surface area contributed by atoms with Crippen LogP contribution in [-0.4, -0.2) is 32.9 Å². The van der Waals surface area contributed by atoms with Crippen LogP contribution < -0.4 is 14.8 Å². The van der Waals surface area contributed by atoms with Crippen LogP contribution in [0.15, 0.2) is 12.1 Å². The molecule has 2 aliphatic heterocycles. The number of rotatable bonds is 2. The van der Waals surface area contributed by atoms with Crippen LogP contribution in [0.3, 0.4) is 0 Å². The molecule has 2 heterocycles. The first-order valence-corrected chi connectivity index (χ1v) is 6.65. The van der Waals surface area contributed by atoms with Gasteiger partial charge in [0.05, 0.1) is 12.7 Å². The van der Waals surface area contributed by atoms with Gasteiger partial charge in [-0.1, -0.05) is 0 Å². The van der Waals surface area contributed by atoms with E-state index in [2.05, 4.69) is 5.32 Å². The van der Waals surface area contributed by atoms with E-state index in [9.17, 15) is 4.39 Å². The molecule has 1 aromatic carbocycles. The fourth-order valence-corrected chi connectivity index (χ4v) is 2.44. The van der Waals surface area contributed by atoms with Crippen LogP contribution in [-0.2, 0) is 4.74 Å². The van der Waals surface area contributed by atoms with Gasteiger partial charge in [0.2, 0.25) is 0 Å². The topological polar surface area (TPSA) is 39.7 Å². The van der Waals surface area contributed by atoms with Crippen molar-refractivity contribution < 1.29 is 18.6 Å². The molecule has 2 atom stereocenters. The summed E-state index contributed by atoms with van der Waals surface area (Å²) in [5.74, 6) is 1.32. The first kappa shape index (κ1) is 12.7. The lowest BCUT2D eigenvalue weighted by Gasteiger charge is -2.29. The normalized spacial score (nSPS) is 24.0. The van der Waals surface area contributed by atoms with Crippen LogP contribution in [0.25, 0.3) is 0 Å². The SMILES string of the molecule is CC(F)c1cc2c(c(C3CNCCO3)c1)OCCO2. The predicted octanol–water partition coefficient (Wildman–Crippen LogP) is 2.15. The second kappa shape index (κ2) is 5.35. The highest BCUT2D eigenvalue weighted by atomic mass is 19.1. The molecule has 3 rings (SSSR count). The molecule has 0 aliphatic carbocycles. The first-order chi connectivity index (χ1) is 9.25. The standard InChI is InChI=1S/C14H18FNO3/c1-9(15)10-6-11(13-8-16-2-3-17-13)14-12(7-10)18-4-5-19-14/h6-7,9,13,16H,2-5,8H2,1H3. The molecule has 1 N–H and O–H groups in total. The Morgan fingerprint density at radius 2 is 2.11 bits per heavy atom. The van der Waals surface area contributed by atoms with Gasteiger partial charge in [-0.3, -0.25) is 0 Å². The lowest BCUT2D eigenvalue weighted by atomic mass is 10.0. The predicted molar refractivity (Wildman–Crippen MR) is 68.5 cm³/mol. The third-order valence-corrected chi connectivity index (χ3v) is 3.43. The lowest BCUT2D eigenvalue weighted by Crippen LogP contribution is -2.34. The summed E-state index contributed by atoms with van der Waals surface area (Å²) in [4.78, 5) is 0. The lowest BCUT2D eigenvalue weighted by molar-refractivity contribution is 0.0243. The van der Waals surface area contributed by atoms with Gasteiger partial charge in [0.15, 0.2) is 11.5 Å². The Labute approximate surface area is 111 Å². The molecule has 0 amide bonds. The molecule has 2 unspecified atom stereocenters. The third-order valence-electron chi connectivity index (χ3n) is 3.43. The summed E-state index contributed by atoms with van der Waals surface area (Å²) in [6.07, 6.45) is -1.14. The molecule has 0 radical (unpaired) electrons. The summed E-state index contributed by atoms with van der Waals surface area (Å²) in [7, 11) is 0. The molecular formula is C14H18FNO3. The Bertz CT molecular complexity index is 458. The van der Waals surface area contributed by atoms with Crippen molar-refractivity contribution in [2.75, 3.05) is 32.9 Å². The quantitative estimate of drug-likeness (QED) is 0.891. The average Bonchev–Trinajstić information content (AvgIpc) is 2.47. The van der Waals surface area contributed by atoms with Crippen molar-refractivity contribution in [1.82, 2.24) is 5.32 Å². The molecule has 4 nitrogen and oxygen atoms in total. The Balaban J connectivity index is 2.01. The molecule has 0 spiro atoms. The summed E-state index contributed by atoms with van der Waals surface area (Å²) in [5, 5.41) is 3.27. The van der Waals surface area contributed by atoms with Gasteiger partial charge in [0.1, 0.15) is 19.4 Å². The summed E-state index contributed by atoms with van der Waals surface area (Å²) >= 11 is 0. The van der Waals surface area contributed by atoms with E-state index >= 15 is 0 Å². The molecule has 1 saturated heterocycles. The average molecular weight is 267 g/mol. The molecular weight excluding hydrogens is 249 g/mol. The van der Waals surface area contributed by atoms with Gasteiger partial charge in [-0.25, -0.2) is 4.39 Å². The minimum atomic E-state index is -1.04. The number of benzene rings is 1. The van der Waals surface area contributed by atoms with E-state index in [4.69, 9.17) is 14.2 Å². The van der Waals surface area contributed by atoms with E-state index in [1.807, 2.05) is 6.07 Å². The van der Waals surface area contributed by atoms with Crippen LogP contribution in [0.2, 0.25) is 0 Å². The Kier molecular flexibility index (Phi) is 3.57. The Morgan fingerprint density at radius 3 is 2.84 bits per heavy atom. The minimum absolute atomic E-state index is 0.108. The first-order valence-electron chi connectivity index (χ1n) is 6.65. The van der Waals surface area contributed by atoms with Crippen LogP contribution in [0.5, 0.6) is 11.5 Å². The highest BCUT2D eigenvalue weighted by Crippen LogP contribution is 2.41. The van der Waals surface area contributed by atoms with Crippen molar-refractivity contribution in [2.24, 2.45) is 0 Å². The van der Waals surface area contributed by atoms with E-state index in [1.165, 1.54) is 6.92 Å². The molecule has 0 aromatic heterocycles. The number of halogens is 1. The number of alkyl halides is 1. The maximum atomic E-state index is 13.6. The number of morpholine rings is 1. The smallest absolute Gasteiger partial charge is 0.167 e. The third kappa shape index (κ3) is 2.53.